The van der Waals surface area contributed by atoms with Crippen LogP contribution in [0.25, 0.3) is 0 Å². The maximum atomic E-state index is 13.2. The van der Waals surface area contributed by atoms with Crippen LogP contribution in [0.2, 0.25) is 5.02 Å². The number of hydrogen-bond donors (Lipinski definition) is 1. The molecule has 7 nitrogen and oxygen atoms in total. The van der Waals surface area contributed by atoms with Gasteiger partial charge in [-0.1, -0.05) is 11.6 Å². The van der Waals surface area contributed by atoms with E-state index in [4.69, 9.17) is 21.1 Å². The largest absolute Gasteiger partial charge is 0.497 e. The highest BCUT2D eigenvalue weighted by molar-refractivity contribution is 7.89. The molecular formula is C21H25ClN2O5S. The Hall–Kier alpha value is -2.29. The third-order valence-corrected chi connectivity index (χ3v) is 7.41. The van der Waals surface area contributed by atoms with Crippen LogP contribution in [-0.4, -0.2) is 45.9 Å². The molecule has 2 aromatic carbocycles. The zero-order valence-electron chi connectivity index (χ0n) is 17.1. The minimum Gasteiger partial charge on any atom is -0.497 e. The molecule has 0 saturated carbocycles. The Bertz CT molecular complexity index is 1030. The van der Waals surface area contributed by atoms with Crippen LogP contribution in [0.15, 0.2) is 41.3 Å². The van der Waals surface area contributed by atoms with Gasteiger partial charge in [-0.3, -0.25) is 4.79 Å². The number of aryl methyl sites for hydroxylation is 1. The molecule has 30 heavy (non-hydrogen) atoms. The van der Waals surface area contributed by atoms with E-state index in [1.807, 2.05) is 6.92 Å². The number of piperidine rings is 1. The van der Waals surface area contributed by atoms with Gasteiger partial charge in [0.2, 0.25) is 15.9 Å². The highest BCUT2D eigenvalue weighted by Gasteiger charge is 2.34. The van der Waals surface area contributed by atoms with Gasteiger partial charge in [-0.25, -0.2) is 8.42 Å². The summed E-state index contributed by atoms with van der Waals surface area (Å²) >= 11 is 5.96. The lowest BCUT2D eigenvalue weighted by molar-refractivity contribution is -0.120. The summed E-state index contributed by atoms with van der Waals surface area (Å²) in [7, 11) is -0.871. The van der Waals surface area contributed by atoms with Crippen molar-refractivity contribution in [3.05, 3.63) is 47.0 Å². The Labute approximate surface area is 182 Å². The molecule has 0 radical (unpaired) electrons. The number of hydrogen-bond acceptors (Lipinski definition) is 5. The number of rotatable bonds is 6. The van der Waals surface area contributed by atoms with Crippen LogP contribution < -0.4 is 14.8 Å². The van der Waals surface area contributed by atoms with E-state index >= 15 is 0 Å². The molecule has 1 amide bonds. The molecule has 1 heterocycles. The van der Waals surface area contributed by atoms with Crippen molar-refractivity contribution in [2.75, 3.05) is 32.6 Å². The maximum absolute atomic E-state index is 13.2. The topological polar surface area (TPSA) is 84.9 Å². The Morgan fingerprint density at radius 3 is 2.40 bits per heavy atom. The van der Waals surface area contributed by atoms with Crippen molar-refractivity contribution >= 4 is 33.2 Å². The molecule has 1 saturated heterocycles. The van der Waals surface area contributed by atoms with E-state index in [9.17, 15) is 13.2 Å². The van der Waals surface area contributed by atoms with Gasteiger partial charge in [-0.05, 0) is 55.7 Å². The lowest BCUT2D eigenvalue weighted by Gasteiger charge is -2.31. The average Bonchev–Trinajstić information content (AvgIpc) is 2.75. The summed E-state index contributed by atoms with van der Waals surface area (Å²) in [5.41, 5.74) is 1.58. The lowest BCUT2D eigenvalue weighted by Crippen LogP contribution is -2.41. The first-order valence-electron chi connectivity index (χ1n) is 9.55. The molecule has 0 bridgehead atoms. The molecule has 0 aromatic heterocycles. The molecule has 3 rings (SSSR count). The van der Waals surface area contributed by atoms with Crippen LogP contribution in [-0.2, 0) is 14.8 Å². The van der Waals surface area contributed by atoms with Gasteiger partial charge in [0.1, 0.15) is 16.4 Å². The van der Waals surface area contributed by atoms with Crippen LogP contribution in [0.3, 0.4) is 0 Å². The number of benzene rings is 2. The van der Waals surface area contributed by atoms with Gasteiger partial charge >= 0.3 is 0 Å². The van der Waals surface area contributed by atoms with Gasteiger partial charge in [0, 0.05) is 35.8 Å². The van der Waals surface area contributed by atoms with Crippen molar-refractivity contribution in [3.63, 3.8) is 0 Å². The number of amides is 1. The second-order valence-electron chi connectivity index (χ2n) is 7.14. The number of anilines is 1. The first-order valence-corrected chi connectivity index (χ1v) is 11.4. The second kappa shape index (κ2) is 9.24. The van der Waals surface area contributed by atoms with Crippen LogP contribution >= 0.6 is 11.6 Å². The number of methoxy groups -OCH3 is 2. The molecule has 0 spiro atoms. The summed E-state index contributed by atoms with van der Waals surface area (Å²) in [5.74, 6) is 0.311. The number of nitrogens with one attached hydrogen (secondary N) is 1. The Morgan fingerprint density at radius 2 is 1.80 bits per heavy atom. The van der Waals surface area contributed by atoms with E-state index in [0.717, 1.165) is 5.56 Å². The van der Waals surface area contributed by atoms with Gasteiger partial charge in [-0.15, -0.1) is 0 Å². The third kappa shape index (κ3) is 4.71. The third-order valence-electron chi connectivity index (χ3n) is 5.26. The van der Waals surface area contributed by atoms with Gasteiger partial charge in [0.25, 0.3) is 0 Å². The van der Waals surface area contributed by atoms with Crippen LogP contribution in [0, 0.1) is 12.8 Å². The summed E-state index contributed by atoms with van der Waals surface area (Å²) < 4.78 is 38.1. The van der Waals surface area contributed by atoms with Crippen molar-refractivity contribution in [3.8, 4) is 11.5 Å². The number of carbonyl (C=O) groups is 1. The molecule has 0 unspecified atom stereocenters. The van der Waals surface area contributed by atoms with Crippen molar-refractivity contribution in [2.24, 2.45) is 5.92 Å². The fraction of sp³-hybridized carbons (Fsp3) is 0.381. The monoisotopic (exact) mass is 452 g/mol. The van der Waals surface area contributed by atoms with Crippen LogP contribution in [0.1, 0.15) is 18.4 Å². The average molecular weight is 453 g/mol. The van der Waals surface area contributed by atoms with E-state index in [-0.39, 0.29) is 35.6 Å². The molecule has 0 aliphatic carbocycles. The first-order chi connectivity index (χ1) is 14.3. The smallest absolute Gasteiger partial charge is 0.246 e. The van der Waals surface area contributed by atoms with Gasteiger partial charge < -0.3 is 14.8 Å². The highest BCUT2D eigenvalue weighted by atomic mass is 35.5. The van der Waals surface area contributed by atoms with Crippen LogP contribution in [0.5, 0.6) is 11.5 Å². The minimum absolute atomic E-state index is 0.0593. The van der Waals surface area contributed by atoms with Crippen molar-refractivity contribution < 1.29 is 22.7 Å². The zero-order chi connectivity index (χ0) is 21.9. The fourth-order valence-electron chi connectivity index (χ4n) is 3.49. The quantitative estimate of drug-likeness (QED) is 0.722. The molecule has 1 N–H and O–H groups in total. The molecular weight excluding hydrogens is 428 g/mol. The summed E-state index contributed by atoms with van der Waals surface area (Å²) in [6.45, 7) is 2.37. The Morgan fingerprint density at radius 1 is 1.10 bits per heavy atom. The standard InChI is InChI=1S/C21H25ClN2O5S/c1-14-12-16(22)4-6-18(14)23-21(25)15-8-10-24(11-9-15)30(26,27)20-13-17(28-2)5-7-19(20)29-3/h4-7,12-13,15H,8-11H2,1-3H3,(H,23,25). The number of sulfonamides is 1. The van der Waals surface area contributed by atoms with Crippen molar-refractivity contribution in [1.82, 2.24) is 4.31 Å². The van der Waals surface area contributed by atoms with Crippen molar-refractivity contribution in [2.45, 2.75) is 24.7 Å². The highest BCUT2D eigenvalue weighted by Crippen LogP contribution is 2.33. The van der Waals surface area contributed by atoms with Crippen molar-refractivity contribution in [1.29, 1.82) is 0 Å². The van der Waals surface area contributed by atoms with E-state index < -0.39 is 10.0 Å². The van der Waals surface area contributed by atoms with Gasteiger partial charge in [-0.2, -0.15) is 4.31 Å². The van der Waals surface area contributed by atoms with E-state index in [2.05, 4.69) is 5.32 Å². The van der Waals surface area contributed by atoms with Gasteiger partial charge in [0.15, 0.2) is 0 Å². The molecule has 2 aromatic rings. The fourth-order valence-corrected chi connectivity index (χ4v) is 5.35. The molecule has 1 aliphatic heterocycles. The van der Waals surface area contributed by atoms with Crippen LogP contribution in [0.4, 0.5) is 5.69 Å². The second-order valence-corrected chi connectivity index (χ2v) is 9.49. The normalized spacial score (nSPS) is 15.6. The minimum atomic E-state index is -3.77. The summed E-state index contributed by atoms with van der Waals surface area (Å²) in [4.78, 5) is 12.7. The summed E-state index contributed by atoms with van der Waals surface area (Å²) in [6.07, 6.45) is 0.869. The molecule has 1 aliphatic rings. The summed E-state index contributed by atoms with van der Waals surface area (Å²) in [6, 6.07) is 9.95. The van der Waals surface area contributed by atoms with E-state index in [0.29, 0.717) is 29.3 Å². The van der Waals surface area contributed by atoms with Gasteiger partial charge in [0.05, 0.1) is 14.2 Å². The SMILES string of the molecule is COc1ccc(OC)c(S(=O)(=O)N2CCC(C(=O)Nc3ccc(Cl)cc3C)CC2)c1. The molecule has 9 heteroatoms. The predicted molar refractivity (Wildman–Crippen MR) is 116 cm³/mol. The summed E-state index contributed by atoms with van der Waals surface area (Å²) in [5, 5.41) is 3.53. The Kier molecular flexibility index (Phi) is 6.90. The maximum Gasteiger partial charge on any atom is 0.246 e. The predicted octanol–water partition coefficient (Wildman–Crippen LogP) is 3.71. The lowest BCUT2D eigenvalue weighted by atomic mass is 9.97. The first kappa shape index (κ1) is 22.4. The molecule has 1 fully saturated rings. The Balaban J connectivity index is 1.69. The number of nitrogens with zero attached hydrogens (tertiary/aromatic N) is 1. The number of halogens is 1. The zero-order valence-corrected chi connectivity index (χ0v) is 18.7. The van der Waals surface area contributed by atoms with E-state index in [1.165, 1.54) is 24.6 Å². The molecule has 162 valence electrons. The molecule has 0 atom stereocenters. The van der Waals surface area contributed by atoms with E-state index in [1.54, 1.807) is 30.3 Å². The number of ether oxygens (including phenoxy) is 2. The number of carbonyl (C=O) groups excluding carboxylic acids is 1.